The Labute approximate surface area is 101 Å². The van der Waals surface area contributed by atoms with Gasteiger partial charge in [0, 0.05) is 11.4 Å². The average Bonchev–Trinajstić information content (AvgIpc) is 2.31. The number of likely N-dealkylation sites (N-methyl/N-ethyl adjacent to an activating group) is 1. The van der Waals surface area contributed by atoms with Crippen LogP contribution in [0.4, 0.5) is 0 Å². The summed E-state index contributed by atoms with van der Waals surface area (Å²) in [6.45, 7) is 0. The molecule has 0 aliphatic heterocycles. The third-order valence-electron chi connectivity index (χ3n) is 3.45. The number of Topliss-reactive ketones (excluding diaryl/α,β-unsaturated/α-hetero) is 1. The van der Waals surface area contributed by atoms with Crippen LogP contribution in [0.2, 0.25) is 5.02 Å². The van der Waals surface area contributed by atoms with Gasteiger partial charge in [-0.05, 0) is 37.6 Å². The lowest BCUT2D eigenvalue weighted by Gasteiger charge is -2.36. The van der Waals surface area contributed by atoms with Gasteiger partial charge in [-0.3, -0.25) is 4.79 Å². The number of hydrogen-bond acceptors (Lipinski definition) is 2. The first-order valence-electron chi connectivity index (χ1n) is 5.67. The number of rotatable bonds is 2. The van der Waals surface area contributed by atoms with Crippen molar-refractivity contribution in [1.82, 2.24) is 5.32 Å². The van der Waals surface area contributed by atoms with Crippen LogP contribution in [0, 0.1) is 0 Å². The average molecular weight is 238 g/mol. The van der Waals surface area contributed by atoms with E-state index in [1.807, 2.05) is 31.3 Å². The van der Waals surface area contributed by atoms with E-state index in [1.54, 1.807) is 0 Å². The number of benzene rings is 1. The van der Waals surface area contributed by atoms with Crippen LogP contribution in [0.15, 0.2) is 24.3 Å². The van der Waals surface area contributed by atoms with Crippen molar-refractivity contribution in [3.63, 3.8) is 0 Å². The van der Waals surface area contributed by atoms with E-state index in [0.717, 1.165) is 24.8 Å². The minimum atomic E-state index is -0.483. The highest BCUT2D eigenvalue weighted by atomic mass is 35.5. The SMILES string of the molecule is CNC1(c2ccc(Cl)cc2)CCCCC1=O. The van der Waals surface area contributed by atoms with Gasteiger partial charge in [0.25, 0.3) is 0 Å². The van der Waals surface area contributed by atoms with Gasteiger partial charge < -0.3 is 5.32 Å². The molecule has 0 saturated heterocycles. The molecule has 16 heavy (non-hydrogen) atoms. The van der Waals surface area contributed by atoms with Crippen LogP contribution in [-0.2, 0) is 10.3 Å². The maximum atomic E-state index is 12.1. The normalized spacial score (nSPS) is 25.8. The fraction of sp³-hybridized carbons (Fsp3) is 0.462. The topological polar surface area (TPSA) is 29.1 Å². The predicted octanol–water partition coefficient (Wildman–Crippen LogP) is 2.90. The second-order valence-corrected chi connectivity index (χ2v) is 4.73. The Kier molecular flexibility index (Phi) is 3.31. The molecule has 0 heterocycles. The van der Waals surface area contributed by atoms with Gasteiger partial charge in [0.2, 0.25) is 0 Å². The molecule has 0 radical (unpaired) electrons. The summed E-state index contributed by atoms with van der Waals surface area (Å²) in [6, 6.07) is 7.58. The number of hydrogen-bond donors (Lipinski definition) is 1. The van der Waals surface area contributed by atoms with Gasteiger partial charge in [0.05, 0.1) is 0 Å². The number of ketones is 1. The third kappa shape index (κ3) is 1.87. The summed E-state index contributed by atoms with van der Waals surface area (Å²) in [7, 11) is 1.86. The molecule has 0 bridgehead atoms. The van der Waals surface area contributed by atoms with E-state index in [1.165, 1.54) is 0 Å². The third-order valence-corrected chi connectivity index (χ3v) is 3.70. The van der Waals surface area contributed by atoms with Crippen molar-refractivity contribution >= 4 is 17.4 Å². The molecule has 0 aromatic heterocycles. The highest BCUT2D eigenvalue weighted by molar-refractivity contribution is 6.30. The van der Waals surface area contributed by atoms with E-state index >= 15 is 0 Å². The molecule has 1 aromatic rings. The molecule has 1 aromatic carbocycles. The molecule has 1 atom stereocenters. The van der Waals surface area contributed by atoms with Gasteiger partial charge in [-0.2, -0.15) is 0 Å². The Bertz CT molecular complexity index is 387. The highest BCUT2D eigenvalue weighted by Crippen LogP contribution is 2.34. The van der Waals surface area contributed by atoms with Crippen LogP contribution in [0.1, 0.15) is 31.2 Å². The summed E-state index contributed by atoms with van der Waals surface area (Å²) in [5.74, 6) is 0.295. The van der Waals surface area contributed by atoms with Gasteiger partial charge >= 0.3 is 0 Å². The van der Waals surface area contributed by atoms with Crippen molar-refractivity contribution in [2.24, 2.45) is 0 Å². The molecule has 0 amide bonds. The first-order valence-corrected chi connectivity index (χ1v) is 6.05. The number of halogens is 1. The number of carbonyl (C=O) groups is 1. The molecule has 1 unspecified atom stereocenters. The lowest BCUT2D eigenvalue weighted by molar-refractivity contribution is -0.127. The maximum absolute atomic E-state index is 12.1. The number of carbonyl (C=O) groups excluding carboxylic acids is 1. The summed E-state index contributed by atoms with van der Waals surface area (Å²) < 4.78 is 0. The zero-order valence-electron chi connectivity index (χ0n) is 9.42. The Morgan fingerprint density at radius 1 is 1.25 bits per heavy atom. The Balaban J connectivity index is 2.40. The Hall–Kier alpha value is -0.860. The Morgan fingerprint density at radius 3 is 2.50 bits per heavy atom. The summed E-state index contributed by atoms with van der Waals surface area (Å²) in [5.41, 5.74) is 0.548. The fourth-order valence-corrected chi connectivity index (χ4v) is 2.60. The molecule has 1 saturated carbocycles. The lowest BCUT2D eigenvalue weighted by atomic mass is 9.76. The zero-order chi connectivity index (χ0) is 11.6. The van der Waals surface area contributed by atoms with E-state index in [4.69, 9.17) is 11.6 Å². The lowest BCUT2D eigenvalue weighted by Crippen LogP contribution is -2.49. The van der Waals surface area contributed by atoms with Gasteiger partial charge in [-0.25, -0.2) is 0 Å². The van der Waals surface area contributed by atoms with Gasteiger partial charge in [0.15, 0.2) is 5.78 Å². The minimum absolute atomic E-state index is 0.295. The molecule has 0 spiro atoms. The standard InChI is InChI=1S/C13H16ClNO/c1-15-13(9-3-2-4-12(13)16)10-5-7-11(14)8-6-10/h5-8,15H,2-4,9H2,1H3. The molecule has 86 valence electrons. The maximum Gasteiger partial charge on any atom is 0.157 e. The molecule has 1 aliphatic carbocycles. The van der Waals surface area contributed by atoms with Gasteiger partial charge in [-0.1, -0.05) is 30.2 Å². The van der Waals surface area contributed by atoms with E-state index in [-0.39, 0.29) is 0 Å². The van der Waals surface area contributed by atoms with Crippen LogP contribution in [0.25, 0.3) is 0 Å². The van der Waals surface area contributed by atoms with Crippen LogP contribution < -0.4 is 5.32 Å². The first-order chi connectivity index (χ1) is 7.69. The smallest absolute Gasteiger partial charge is 0.157 e. The molecule has 1 N–H and O–H groups in total. The Morgan fingerprint density at radius 2 is 1.94 bits per heavy atom. The molecular weight excluding hydrogens is 222 g/mol. The van der Waals surface area contributed by atoms with Crippen molar-refractivity contribution in [2.75, 3.05) is 7.05 Å². The molecule has 2 nitrogen and oxygen atoms in total. The largest absolute Gasteiger partial charge is 0.304 e. The molecule has 2 rings (SSSR count). The van der Waals surface area contributed by atoms with Crippen molar-refractivity contribution in [2.45, 2.75) is 31.2 Å². The minimum Gasteiger partial charge on any atom is -0.304 e. The van der Waals surface area contributed by atoms with Crippen LogP contribution in [0.3, 0.4) is 0 Å². The first kappa shape index (κ1) is 11.6. The van der Waals surface area contributed by atoms with Gasteiger partial charge in [-0.15, -0.1) is 0 Å². The molecule has 1 aliphatic rings. The monoisotopic (exact) mass is 237 g/mol. The molecule has 1 fully saturated rings. The number of nitrogens with one attached hydrogen (secondary N) is 1. The zero-order valence-corrected chi connectivity index (χ0v) is 10.2. The van der Waals surface area contributed by atoms with Crippen molar-refractivity contribution < 1.29 is 4.79 Å². The van der Waals surface area contributed by atoms with Crippen LogP contribution in [-0.4, -0.2) is 12.8 Å². The van der Waals surface area contributed by atoms with Crippen molar-refractivity contribution in [3.8, 4) is 0 Å². The molecule has 3 heteroatoms. The summed E-state index contributed by atoms with van der Waals surface area (Å²) in [6.07, 6.45) is 3.65. The highest BCUT2D eigenvalue weighted by Gasteiger charge is 2.39. The molecular formula is C13H16ClNO. The van der Waals surface area contributed by atoms with Crippen molar-refractivity contribution in [3.05, 3.63) is 34.9 Å². The predicted molar refractivity (Wildman–Crippen MR) is 65.7 cm³/mol. The van der Waals surface area contributed by atoms with E-state index in [9.17, 15) is 4.79 Å². The van der Waals surface area contributed by atoms with Crippen molar-refractivity contribution in [1.29, 1.82) is 0 Å². The summed E-state index contributed by atoms with van der Waals surface area (Å²) >= 11 is 5.87. The summed E-state index contributed by atoms with van der Waals surface area (Å²) in [4.78, 5) is 12.1. The summed E-state index contributed by atoms with van der Waals surface area (Å²) in [5, 5.41) is 3.92. The van der Waals surface area contributed by atoms with Crippen LogP contribution >= 0.6 is 11.6 Å². The van der Waals surface area contributed by atoms with E-state index in [2.05, 4.69) is 5.32 Å². The van der Waals surface area contributed by atoms with Gasteiger partial charge in [0.1, 0.15) is 5.54 Å². The van der Waals surface area contributed by atoms with E-state index < -0.39 is 5.54 Å². The van der Waals surface area contributed by atoms with E-state index in [0.29, 0.717) is 17.2 Å². The second kappa shape index (κ2) is 4.56. The second-order valence-electron chi connectivity index (χ2n) is 4.29. The quantitative estimate of drug-likeness (QED) is 0.857. The van der Waals surface area contributed by atoms with Crippen LogP contribution in [0.5, 0.6) is 0 Å². The fourth-order valence-electron chi connectivity index (χ4n) is 2.48.